The van der Waals surface area contributed by atoms with Gasteiger partial charge in [-0.3, -0.25) is 9.59 Å². The van der Waals surface area contributed by atoms with Crippen LogP contribution in [0, 0.1) is 0 Å². The van der Waals surface area contributed by atoms with E-state index in [4.69, 9.17) is 0 Å². The minimum atomic E-state index is -0.251. The van der Waals surface area contributed by atoms with Crippen LogP contribution >= 0.6 is 0 Å². The van der Waals surface area contributed by atoms with Crippen LogP contribution in [0.25, 0.3) is 11.0 Å². The molecule has 0 fully saturated rings. The molecule has 0 bridgehead atoms. The molecule has 5 nitrogen and oxygen atoms in total. The molecule has 0 aliphatic heterocycles. The Hall–Kier alpha value is -2.95. The van der Waals surface area contributed by atoms with E-state index in [0.29, 0.717) is 24.8 Å². The molecule has 0 saturated heterocycles. The lowest BCUT2D eigenvalue weighted by atomic mass is 10.0. The summed E-state index contributed by atoms with van der Waals surface area (Å²) in [5, 5.41) is 0. The quantitative estimate of drug-likeness (QED) is 0.731. The number of H-pyrrole nitrogens is 2. The second-order valence-corrected chi connectivity index (χ2v) is 6.05. The lowest BCUT2D eigenvalue weighted by molar-refractivity contribution is -0.118. The van der Waals surface area contributed by atoms with Crippen LogP contribution in [0.3, 0.4) is 0 Å². The Bertz CT molecular complexity index is 949. The van der Waals surface area contributed by atoms with Crippen molar-refractivity contribution in [3.05, 3.63) is 69.6 Å². The minimum absolute atomic E-state index is 0.103. The first-order valence-electron chi connectivity index (χ1n) is 7.79. The van der Waals surface area contributed by atoms with Gasteiger partial charge in [-0.15, -0.1) is 0 Å². The molecule has 0 aliphatic rings. The number of nitrogens with one attached hydrogen (secondary N) is 2. The molecular formula is C19H18N2O3. The van der Waals surface area contributed by atoms with Crippen LogP contribution in [0.5, 0.6) is 0 Å². The molecule has 1 heterocycles. The van der Waals surface area contributed by atoms with E-state index >= 15 is 0 Å². The van der Waals surface area contributed by atoms with E-state index in [1.165, 1.54) is 0 Å². The van der Waals surface area contributed by atoms with Crippen LogP contribution in [0.1, 0.15) is 23.6 Å². The van der Waals surface area contributed by atoms with E-state index in [1.54, 1.807) is 13.0 Å². The smallest absolute Gasteiger partial charge is 0.306 e. The lowest BCUT2D eigenvalue weighted by Gasteiger charge is -2.04. The zero-order chi connectivity index (χ0) is 17.1. The number of hydrogen-bond donors (Lipinski definition) is 2. The van der Waals surface area contributed by atoms with Gasteiger partial charge in [-0.05, 0) is 35.7 Å². The highest BCUT2D eigenvalue weighted by Crippen LogP contribution is 2.13. The number of aromatic amines is 2. The monoisotopic (exact) mass is 322 g/mol. The van der Waals surface area contributed by atoms with Crippen LogP contribution in [0.4, 0.5) is 0 Å². The van der Waals surface area contributed by atoms with Gasteiger partial charge in [0.25, 0.3) is 0 Å². The number of carbonyl (C=O) groups is 2. The highest BCUT2D eigenvalue weighted by Gasteiger charge is 2.08. The molecule has 0 spiro atoms. The number of Topliss-reactive ketones (excluding diaryl/α,β-unsaturated/α-hetero) is 2. The normalized spacial score (nSPS) is 10.9. The first-order valence-corrected chi connectivity index (χ1v) is 7.79. The van der Waals surface area contributed by atoms with Crippen molar-refractivity contribution >= 4 is 22.6 Å². The van der Waals surface area contributed by atoms with Crippen molar-refractivity contribution < 1.29 is 9.59 Å². The number of benzene rings is 2. The van der Waals surface area contributed by atoms with Gasteiger partial charge >= 0.3 is 5.69 Å². The fourth-order valence-corrected chi connectivity index (χ4v) is 2.77. The number of hydrogen-bond acceptors (Lipinski definition) is 3. The molecule has 0 saturated carbocycles. The predicted octanol–water partition coefficient (Wildman–Crippen LogP) is 2.34. The molecule has 0 amide bonds. The number of ketones is 2. The maximum Gasteiger partial charge on any atom is 0.323 e. The Kier molecular flexibility index (Phi) is 4.42. The van der Waals surface area contributed by atoms with Crippen molar-refractivity contribution in [1.29, 1.82) is 0 Å². The summed E-state index contributed by atoms with van der Waals surface area (Å²) in [4.78, 5) is 40.0. The van der Waals surface area contributed by atoms with Crippen LogP contribution < -0.4 is 5.69 Å². The van der Waals surface area contributed by atoms with E-state index in [-0.39, 0.29) is 17.3 Å². The van der Waals surface area contributed by atoms with Crippen molar-refractivity contribution in [3.8, 4) is 0 Å². The summed E-state index contributed by atoms with van der Waals surface area (Å²) in [6.07, 6.45) is 1.09. The van der Waals surface area contributed by atoms with Crippen LogP contribution in [0.15, 0.2) is 47.3 Å². The molecule has 5 heteroatoms. The summed E-state index contributed by atoms with van der Waals surface area (Å²) < 4.78 is 0. The number of fused-ring (bicyclic) bond motifs is 1. The molecule has 122 valence electrons. The summed E-state index contributed by atoms with van der Waals surface area (Å²) in [6.45, 7) is 1.56. The first-order chi connectivity index (χ1) is 11.5. The van der Waals surface area contributed by atoms with Gasteiger partial charge in [0.05, 0.1) is 11.0 Å². The molecular weight excluding hydrogens is 304 g/mol. The molecule has 2 N–H and O–H groups in total. The van der Waals surface area contributed by atoms with Crippen LogP contribution in [0.2, 0.25) is 0 Å². The SMILES string of the molecule is CC(=O)Cc1ccc(CC(=O)Cc2ccc3[nH]c(=O)[nH]c3c2)cc1. The first kappa shape index (κ1) is 15.9. The van der Waals surface area contributed by atoms with E-state index in [1.807, 2.05) is 36.4 Å². The largest absolute Gasteiger partial charge is 0.323 e. The van der Waals surface area contributed by atoms with Gasteiger partial charge in [0.2, 0.25) is 0 Å². The predicted molar refractivity (Wildman–Crippen MR) is 92.2 cm³/mol. The van der Waals surface area contributed by atoms with Gasteiger partial charge in [0, 0.05) is 19.3 Å². The van der Waals surface area contributed by atoms with E-state index in [9.17, 15) is 14.4 Å². The van der Waals surface area contributed by atoms with Crippen molar-refractivity contribution in [2.24, 2.45) is 0 Å². The number of imidazole rings is 1. The lowest BCUT2D eigenvalue weighted by Crippen LogP contribution is -2.07. The maximum absolute atomic E-state index is 12.3. The Morgan fingerprint density at radius 3 is 2.00 bits per heavy atom. The van der Waals surface area contributed by atoms with E-state index < -0.39 is 0 Å². The Morgan fingerprint density at radius 2 is 1.33 bits per heavy atom. The minimum Gasteiger partial charge on any atom is -0.306 e. The number of aromatic nitrogens is 2. The molecule has 3 rings (SSSR count). The second kappa shape index (κ2) is 6.66. The van der Waals surface area contributed by atoms with E-state index in [0.717, 1.165) is 22.2 Å². The average Bonchev–Trinajstić information content (AvgIpc) is 2.88. The maximum atomic E-state index is 12.3. The Labute approximate surface area is 138 Å². The highest BCUT2D eigenvalue weighted by atomic mass is 16.1. The van der Waals surface area contributed by atoms with Crippen molar-refractivity contribution in [3.63, 3.8) is 0 Å². The molecule has 0 radical (unpaired) electrons. The molecule has 3 aromatic rings. The fourth-order valence-electron chi connectivity index (χ4n) is 2.77. The summed E-state index contributed by atoms with van der Waals surface area (Å²) in [6, 6.07) is 13.0. The van der Waals surface area contributed by atoms with Gasteiger partial charge in [-0.1, -0.05) is 30.3 Å². The molecule has 24 heavy (non-hydrogen) atoms. The summed E-state index contributed by atoms with van der Waals surface area (Å²) >= 11 is 0. The number of rotatable bonds is 6. The zero-order valence-electron chi connectivity index (χ0n) is 13.4. The molecule has 0 unspecified atom stereocenters. The highest BCUT2D eigenvalue weighted by molar-refractivity contribution is 5.85. The van der Waals surface area contributed by atoms with Crippen molar-refractivity contribution in [2.45, 2.75) is 26.2 Å². The molecule has 2 aromatic carbocycles. The zero-order valence-corrected chi connectivity index (χ0v) is 13.4. The van der Waals surface area contributed by atoms with Gasteiger partial charge in [-0.2, -0.15) is 0 Å². The summed E-state index contributed by atoms with van der Waals surface area (Å²) in [5.41, 5.74) is 3.95. The van der Waals surface area contributed by atoms with Crippen molar-refractivity contribution in [2.75, 3.05) is 0 Å². The third-order valence-electron chi connectivity index (χ3n) is 3.86. The van der Waals surface area contributed by atoms with Gasteiger partial charge in [-0.25, -0.2) is 4.79 Å². The Balaban J connectivity index is 1.65. The topological polar surface area (TPSA) is 82.8 Å². The summed E-state index contributed by atoms with van der Waals surface area (Å²) in [5.74, 6) is 0.226. The number of carbonyl (C=O) groups excluding carboxylic acids is 2. The Morgan fingerprint density at radius 1 is 0.792 bits per heavy atom. The second-order valence-electron chi connectivity index (χ2n) is 6.05. The third-order valence-corrected chi connectivity index (χ3v) is 3.86. The van der Waals surface area contributed by atoms with Crippen LogP contribution in [-0.4, -0.2) is 21.5 Å². The van der Waals surface area contributed by atoms with Crippen LogP contribution in [-0.2, 0) is 28.9 Å². The molecule has 0 atom stereocenters. The standard InChI is InChI=1S/C19H18N2O3/c1-12(22)8-13-2-4-14(5-3-13)9-16(23)10-15-6-7-17-18(11-15)21-19(24)20-17/h2-7,11H,8-10H2,1H3,(H2,20,21,24). The summed E-state index contributed by atoms with van der Waals surface area (Å²) in [7, 11) is 0. The van der Waals surface area contributed by atoms with Gasteiger partial charge < -0.3 is 9.97 Å². The van der Waals surface area contributed by atoms with Gasteiger partial charge in [0.1, 0.15) is 11.6 Å². The molecule has 0 aliphatic carbocycles. The third kappa shape index (κ3) is 3.87. The van der Waals surface area contributed by atoms with Crippen molar-refractivity contribution in [1.82, 2.24) is 9.97 Å². The van der Waals surface area contributed by atoms with Gasteiger partial charge in [0.15, 0.2) is 0 Å². The van der Waals surface area contributed by atoms with E-state index in [2.05, 4.69) is 9.97 Å². The fraction of sp³-hybridized carbons (Fsp3) is 0.211. The molecule has 1 aromatic heterocycles. The average molecular weight is 322 g/mol.